The number of nitrogens with zero attached hydrogens (tertiary/aromatic N) is 2. The third kappa shape index (κ3) is 1.29. The van der Waals surface area contributed by atoms with Crippen molar-refractivity contribution in [3.8, 4) is 0 Å². The molecule has 1 aliphatic rings. The van der Waals surface area contributed by atoms with Gasteiger partial charge in [0.15, 0.2) is 0 Å². The van der Waals surface area contributed by atoms with Gasteiger partial charge in [0.1, 0.15) is 0 Å². The van der Waals surface area contributed by atoms with Crippen LogP contribution in [0.15, 0.2) is 18.1 Å². The van der Waals surface area contributed by atoms with Crippen molar-refractivity contribution < 1.29 is 0 Å². The summed E-state index contributed by atoms with van der Waals surface area (Å²) in [5.74, 6) is 1.23. The summed E-state index contributed by atoms with van der Waals surface area (Å²) in [6.07, 6.45) is 5.02. The van der Waals surface area contributed by atoms with Gasteiger partial charge in [-0.2, -0.15) is 0 Å². The van der Waals surface area contributed by atoms with Crippen LogP contribution in [-0.2, 0) is 6.42 Å². The van der Waals surface area contributed by atoms with Crippen LogP contribution < -0.4 is 0 Å². The van der Waals surface area contributed by atoms with Gasteiger partial charge in [-0.1, -0.05) is 27.7 Å². The second-order valence-corrected chi connectivity index (χ2v) is 4.65. The van der Waals surface area contributed by atoms with Gasteiger partial charge in [0.2, 0.25) is 0 Å². The lowest BCUT2D eigenvalue weighted by Gasteiger charge is -2.15. The zero-order valence-corrected chi connectivity index (χ0v) is 9.41. The van der Waals surface area contributed by atoms with E-state index >= 15 is 0 Å². The van der Waals surface area contributed by atoms with E-state index in [1.807, 2.05) is 12.5 Å². The van der Waals surface area contributed by atoms with E-state index in [0.29, 0.717) is 11.8 Å². The molecule has 1 aromatic rings. The van der Waals surface area contributed by atoms with Gasteiger partial charge < -0.3 is 4.57 Å². The highest BCUT2D eigenvalue weighted by molar-refractivity contribution is 5.59. The largest absolute Gasteiger partial charge is 0.307 e. The van der Waals surface area contributed by atoms with Gasteiger partial charge in [0.05, 0.1) is 6.33 Å². The van der Waals surface area contributed by atoms with Crippen LogP contribution in [0.2, 0.25) is 0 Å². The van der Waals surface area contributed by atoms with E-state index in [-0.39, 0.29) is 0 Å². The van der Waals surface area contributed by atoms with Gasteiger partial charge in [0.25, 0.3) is 0 Å². The zero-order chi connectivity index (χ0) is 10.3. The fourth-order valence-electron chi connectivity index (χ4n) is 2.26. The van der Waals surface area contributed by atoms with Crippen molar-refractivity contribution in [3.05, 3.63) is 23.8 Å². The predicted molar refractivity (Wildman–Crippen MR) is 58.8 cm³/mol. The number of imidazole rings is 1. The first-order valence-corrected chi connectivity index (χ1v) is 5.35. The minimum absolute atomic E-state index is 0.586. The molecule has 2 heterocycles. The second kappa shape index (κ2) is 3.26. The van der Waals surface area contributed by atoms with Crippen LogP contribution in [0.3, 0.4) is 0 Å². The fourth-order valence-corrected chi connectivity index (χ4v) is 2.26. The molecule has 0 spiro atoms. The summed E-state index contributed by atoms with van der Waals surface area (Å²) in [6, 6.07) is 0. The lowest BCUT2D eigenvalue weighted by molar-refractivity contribution is 0.725. The molecule has 0 radical (unpaired) electrons. The number of hydrogen-bond donors (Lipinski definition) is 0. The van der Waals surface area contributed by atoms with E-state index < -0.39 is 0 Å². The first-order valence-electron chi connectivity index (χ1n) is 5.35. The van der Waals surface area contributed by atoms with Crippen molar-refractivity contribution in [1.82, 2.24) is 9.55 Å². The molecule has 0 saturated heterocycles. The molecular formula is C12H18N2. The Balaban J connectivity index is 2.49. The van der Waals surface area contributed by atoms with Crippen LogP contribution in [0.1, 0.15) is 33.4 Å². The molecule has 2 rings (SSSR count). The smallest absolute Gasteiger partial charge is 0.0991 e. The average Bonchev–Trinajstić information content (AvgIpc) is 2.58. The number of aromatic nitrogens is 2. The number of hydrogen-bond acceptors (Lipinski definition) is 1. The summed E-state index contributed by atoms with van der Waals surface area (Å²) < 4.78 is 2.26. The van der Waals surface area contributed by atoms with Gasteiger partial charge in [-0.25, -0.2) is 4.98 Å². The van der Waals surface area contributed by atoms with Crippen molar-refractivity contribution in [1.29, 1.82) is 0 Å². The Labute approximate surface area is 85.7 Å². The Kier molecular flexibility index (Phi) is 2.22. The highest BCUT2D eigenvalue weighted by atomic mass is 15.1. The van der Waals surface area contributed by atoms with Crippen molar-refractivity contribution in [2.45, 2.75) is 34.1 Å². The molecule has 2 nitrogen and oxygen atoms in total. The highest BCUT2D eigenvalue weighted by Crippen LogP contribution is 2.34. The monoisotopic (exact) mass is 190 g/mol. The van der Waals surface area contributed by atoms with Crippen molar-refractivity contribution in [2.24, 2.45) is 11.8 Å². The van der Waals surface area contributed by atoms with Gasteiger partial charge in [-0.15, -0.1) is 0 Å². The van der Waals surface area contributed by atoms with Crippen molar-refractivity contribution in [3.63, 3.8) is 0 Å². The number of allylic oxidation sites excluding steroid dienone is 2. The summed E-state index contributed by atoms with van der Waals surface area (Å²) in [5, 5.41) is 0. The molecule has 0 saturated carbocycles. The summed E-state index contributed by atoms with van der Waals surface area (Å²) in [5.41, 5.74) is 4.39. The average molecular weight is 190 g/mol. The Morgan fingerprint density at radius 2 is 1.93 bits per heavy atom. The molecule has 2 heteroatoms. The first-order chi connectivity index (χ1) is 6.61. The molecule has 0 fully saturated rings. The van der Waals surface area contributed by atoms with E-state index in [0.717, 1.165) is 6.42 Å². The SMILES string of the molecule is CC(C)C1=C(C(C)C)n2cncc2C1. The molecule has 0 aromatic carbocycles. The zero-order valence-electron chi connectivity index (χ0n) is 9.41. The van der Waals surface area contributed by atoms with Gasteiger partial charge >= 0.3 is 0 Å². The minimum Gasteiger partial charge on any atom is -0.307 e. The third-order valence-electron chi connectivity index (χ3n) is 2.92. The Bertz CT molecular complexity index is 369. The lowest BCUT2D eigenvalue weighted by atomic mass is 9.95. The van der Waals surface area contributed by atoms with E-state index in [2.05, 4.69) is 37.2 Å². The standard InChI is InChI=1S/C12H18N2/c1-8(2)11-5-10-6-13-7-14(10)12(11)9(3)4/h6-9H,5H2,1-4H3. The van der Waals surface area contributed by atoms with Crippen molar-refractivity contribution in [2.75, 3.05) is 0 Å². The van der Waals surface area contributed by atoms with Crippen LogP contribution in [-0.4, -0.2) is 9.55 Å². The molecular weight excluding hydrogens is 172 g/mol. The van der Waals surface area contributed by atoms with E-state index in [1.165, 1.54) is 11.4 Å². The maximum absolute atomic E-state index is 4.20. The normalized spacial score (nSPS) is 15.9. The summed E-state index contributed by atoms with van der Waals surface area (Å²) >= 11 is 0. The number of rotatable bonds is 2. The molecule has 0 aliphatic carbocycles. The Morgan fingerprint density at radius 1 is 1.21 bits per heavy atom. The maximum atomic E-state index is 4.20. The maximum Gasteiger partial charge on any atom is 0.0991 e. The fraction of sp³-hybridized carbons (Fsp3) is 0.583. The molecule has 1 aliphatic heterocycles. The molecule has 76 valence electrons. The van der Waals surface area contributed by atoms with Gasteiger partial charge in [-0.05, 0) is 17.4 Å². The topological polar surface area (TPSA) is 17.8 Å². The highest BCUT2D eigenvalue weighted by Gasteiger charge is 2.24. The summed E-state index contributed by atoms with van der Waals surface area (Å²) in [7, 11) is 0. The first kappa shape index (κ1) is 9.50. The van der Waals surface area contributed by atoms with E-state index in [1.54, 1.807) is 5.57 Å². The molecule has 0 atom stereocenters. The van der Waals surface area contributed by atoms with Crippen LogP contribution in [0.4, 0.5) is 0 Å². The number of fused-ring (bicyclic) bond motifs is 1. The minimum atomic E-state index is 0.586. The second-order valence-electron chi connectivity index (χ2n) is 4.65. The third-order valence-corrected chi connectivity index (χ3v) is 2.92. The van der Waals surface area contributed by atoms with Crippen molar-refractivity contribution >= 4 is 5.70 Å². The quantitative estimate of drug-likeness (QED) is 0.701. The molecule has 14 heavy (non-hydrogen) atoms. The van der Waals surface area contributed by atoms with Crippen LogP contribution in [0.25, 0.3) is 5.70 Å². The van der Waals surface area contributed by atoms with Gasteiger partial charge in [-0.3, -0.25) is 0 Å². The Morgan fingerprint density at radius 3 is 2.50 bits per heavy atom. The predicted octanol–water partition coefficient (Wildman–Crippen LogP) is 2.96. The van der Waals surface area contributed by atoms with Crippen LogP contribution >= 0.6 is 0 Å². The Hall–Kier alpha value is -1.05. The van der Waals surface area contributed by atoms with Crippen LogP contribution in [0, 0.1) is 11.8 Å². The molecule has 0 bridgehead atoms. The molecule has 0 N–H and O–H groups in total. The molecule has 0 unspecified atom stereocenters. The van der Waals surface area contributed by atoms with Crippen LogP contribution in [0.5, 0.6) is 0 Å². The summed E-state index contributed by atoms with van der Waals surface area (Å²) in [4.78, 5) is 4.20. The molecule has 0 amide bonds. The summed E-state index contributed by atoms with van der Waals surface area (Å²) in [6.45, 7) is 9.06. The van der Waals surface area contributed by atoms with E-state index in [4.69, 9.17) is 0 Å². The molecule has 1 aromatic heterocycles. The van der Waals surface area contributed by atoms with Gasteiger partial charge in [0, 0.05) is 24.0 Å². The van der Waals surface area contributed by atoms with E-state index in [9.17, 15) is 0 Å². The lowest BCUT2D eigenvalue weighted by Crippen LogP contribution is -2.03.